The number of hydrogen-bond acceptors (Lipinski definition) is 5. The number of hydrogen-bond donors (Lipinski definition) is 0. The van der Waals surface area contributed by atoms with Gasteiger partial charge in [-0.1, -0.05) is 40.8 Å². The molecule has 0 N–H and O–H groups in total. The lowest BCUT2D eigenvalue weighted by Gasteiger charge is -2.40. The van der Waals surface area contributed by atoms with Crippen LogP contribution in [0.2, 0.25) is 0 Å². The minimum Gasteiger partial charge on any atom is -0.469 e. The highest BCUT2D eigenvalue weighted by atomic mass is 127. The summed E-state index contributed by atoms with van der Waals surface area (Å²) in [6.07, 6.45) is 2.26. The van der Waals surface area contributed by atoms with Gasteiger partial charge < -0.3 is 9.47 Å². The molecule has 1 aromatic rings. The van der Waals surface area contributed by atoms with Crippen LogP contribution in [0.3, 0.4) is 0 Å². The zero-order chi connectivity index (χ0) is 17.7. The predicted octanol–water partition coefficient (Wildman–Crippen LogP) is 2.92. The van der Waals surface area contributed by atoms with Gasteiger partial charge in [-0.3, -0.25) is 9.69 Å². The number of piperidine rings is 1. The Labute approximate surface area is 156 Å². The summed E-state index contributed by atoms with van der Waals surface area (Å²) in [5, 5.41) is 0. The molecule has 132 valence electrons. The number of halogens is 1. The highest BCUT2D eigenvalue weighted by Gasteiger charge is 2.50. The van der Waals surface area contributed by atoms with Gasteiger partial charge in [0.05, 0.1) is 12.7 Å². The number of fused-ring (bicyclic) bond motifs is 2. The summed E-state index contributed by atoms with van der Waals surface area (Å²) in [5.41, 5.74) is 0.511. The van der Waals surface area contributed by atoms with Gasteiger partial charge in [-0.15, -0.1) is 0 Å². The van der Waals surface area contributed by atoms with Crippen LogP contribution in [0.1, 0.15) is 29.6 Å². The Bertz CT molecular complexity index is 565. The van der Waals surface area contributed by atoms with E-state index >= 15 is 0 Å². The molecule has 0 aliphatic carbocycles. The first-order valence-electron chi connectivity index (χ1n) is 8.05. The van der Waals surface area contributed by atoms with E-state index in [9.17, 15) is 9.59 Å². The first kappa shape index (κ1) is 19.2. The number of ether oxygens (including phenoxy) is 2. The van der Waals surface area contributed by atoms with Gasteiger partial charge in [0.25, 0.3) is 0 Å². The standard InChI is InChI=1S/C17H21NO4.CH3I/c1-18-12-8-9-13(18)15(17(20)21-2)14(10-12)22-16(19)11-6-4-3-5-7-11;1-2/h3-7,12-15H,8-10H2,1-2H3;1H3/t12-,13+,14-,15+;/m0./s1. The molecule has 5 nitrogen and oxygen atoms in total. The van der Waals surface area contributed by atoms with E-state index in [0.29, 0.717) is 18.0 Å². The Kier molecular flexibility index (Phi) is 7.03. The molecule has 2 aliphatic rings. The van der Waals surface area contributed by atoms with Gasteiger partial charge in [-0.05, 0) is 37.0 Å². The number of nitrogens with zero attached hydrogens (tertiary/aromatic N) is 1. The van der Waals surface area contributed by atoms with Gasteiger partial charge in [0.2, 0.25) is 0 Å². The highest BCUT2D eigenvalue weighted by molar-refractivity contribution is 14.1. The zero-order valence-electron chi connectivity index (χ0n) is 14.3. The minimum atomic E-state index is -0.408. The molecule has 2 heterocycles. The number of carbonyl (C=O) groups excluding carboxylic acids is 2. The fourth-order valence-electron chi connectivity index (χ4n) is 3.77. The second-order valence-corrected chi connectivity index (χ2v) is 6.06. The predicted molar refractivity (Wildman–Crippen MR) is 100 cm³/mol. The van der Waals surface area contributed by atoms with Crippen molar-refractivity contribution in [3.05, 3.63) is 35.9 Å². The summed E-state index contributed by atoms with van der Waals surface area (Å²) in [5.74, 6) is -1.06. The van der Waals surface area contributed by atoms with E-state index in [2.05, 4.69) is 27.5 Å². The second-order valence-electron chi connectivity index (χ2n) is 6.06. The lowest BCUT2D eigenvalue weighted by molar-refractivity contribution is -0.156. The van der Waals surface area contributed by atoms with Gasteiger partial charge in [0.1, 0.15) is 12.0 Å². The average molecular weight is 445 g/mol. The van der Waals surface area contributed by atoms with E-state index in [1.165, 1.54) is 7.11 Å². The largest absolute Gasteiger partial charge is 0.469 e. The molecule has 0 spiro atoms. The number of methoxy groups -OCH3 is 1. The number of esters is 2. The van der Waals surface area contributed by atoms with Crippen LogP contribution < -0.4 is 0 Å². The fraction of sp³-hybridized carbons (Fsp3) is 0.556. The number of benzene rings is 1. The van der Waals surface area contributed by atoms with Crippen LogP contribution in [-0.4, -0.2) is 54.1 Å². The molecule has 0 amide bonds. The molecule has 4 atom stereocenters. The molecule has 2 saturated heterocycles. The molecule has 0 saturated carbocycles. The van der Waals surface area contributed by atoms with Crippen LogP contribution >= 0.6 is 22.6 Å². The van der Waals surface area contributed by atoms with Gasteiger partial charge in [0, 0.05) is 18.5 Å². The smallest absolute Gasteiger partial charge is 0.338 e. The van der Waals surface area contributed by atoms with Crippen LogP contribution in [0.4, 0.5) is 0 Å². The lowest BCUT2D eigenvalue weighted by Crippen LogP contribution is -2.53. The average Bonchev–Trinajstić information content (AvgIpc) is 2.86. The zero-order valence-corrected chi connectivity index (χ0v) is 16.4. The Hall–Kier alpha value is -1.15. The van der Waals surface area contributed by atoms with Crippen molar-refractivity contribution in [3.63, 3.8) is 0 Å². The maximum absolute atomic E-state index is 12.3. The van der Waals surface area contributed by atoms with Crippen LogP contribution in [-0.2, 0) is 14.3 Å². The Balaban J connectivity index is 0.00000100. The van der Waals surface area contributed by atoms with E-state index < -0.39 is 12.0 Å². The minimum absolute atomic E-state index is 0.0970. The van der Waals surface area contributed by atoms with Gasteiger partial charge in [-0.2, -0.15) is 0 Å². The van der Waals surface area contributed by atoms with Crippen LogP contribution in [0.5, 0.6) is 0 Å². The van der Waals surface area contributed by atoms with Crippen molar-refractivity contribution >= 4 is 34.5 Å². The maximum atomic E-state index is 12.3. The van der Waals surface area contributed by atoms with Crippen molar-refractivity contribution in [3.8, 4) is 0 Å². The molecule has 24 heavy (non-hydrogen) atoms. The topological polar surface area (TPSA) is 55.8 Å². The van der Waals surface area contributed by atoms with Gasteiger partial charge >= 0.3 is 11.9 Å². The Morgan fingerprint density at radius 2 is 1.83 bits per heavy atom. The summed E-state index contributed by atoms with van der Waals surface area (Å²) in [7, 11) is 3.42. The maximum Gasteiger partial charge on any atom is 0.338 e. The van der Waals surface area contributed by atoms with Crippen LogP contribution in [0.25, 0.3) is 0 Å². The molecular weight excluding hydrogens is 421 g/mol. The van der Waals surface area contributed by atoms with E-state index in [0.717, 1.165) is 12.8 Å². The van der Waals surface area contributed by atoms with Crippen molar-refractivity contribution in [2.24, 2.45) is 5.92 Å². The quantitative estimate of drug-likeness (QED) is 0.407. The van der Waals surface area contributed by atoms with E-state index in [4.69, 9.17) is 9.47 Å². The Morgan fingerprint density at radius 1 is 1.17 bits per heavy atom. The third kappa shape index (κ3) is 3.91. The molecule has 0 radical (unpaired) electrons. The van der Waals surface area contributed by atoms with Crippen molar-refractivity contribution in [1.82, 2.24) is 4.90 Å². The molecule has 2 aliphatic heterocycles. The summed E-state index contributed by atoms with van der Waals surface area (Å²) in [6, 6.07) is 9.36. The third-order valence-electron chi connectivity index (χ3n) is 4.96. The normalized spacial score (nSPS) is 28.5. The van der Waals surface area contributed by atoms with Gasteiger partial charge in [-0.25, -0.2) is 4.79 Å². The fourth-order valence-corrected chi connectivity index (χ4v) is 3.77. The second kappa shape index (κ2) is 8.80. The molecular formula is C18H24INO4. The van der Waals surface area contributed by atoms with Crippen LogP contribution in [0.15, 0.2) is 30.3 Å². The molecule has 0 unspecified atom stereocenters. The molecule has 6 heteroatoms. The Morgan fingerprint density at radius 3 is 2.46 bits per heavy atom. The lowest BCUT2D eigenvalue weighted by atomic mass is 9.87. The van der Waals surface area contributed by atoms with Crippen molar-refractivity contribution in [2.45, 2.75) is 37.5 Å². The first-order valence-corrected chi connectivity index (χ1v) is 10.2. The summed E-state index contributed by atoms with van der Waals surface area (Å²) in [4.78, 5) is 28.7. The van der Waals surface area contributed by atoms with E-state index in [-0.39, 0.29) is 18.0 Å². The molecule has 2 bridgehead atoms. The number of rotatable bonds is 3. The van der Waals surface area contributed by atoms with Crippen LogP contribution in [0, 0.1) is 5.92 Å². The molecule has 0 aromatic heterocycles. The third-order valence-corrected chi connectivity index (χ3v) is 4.96. The summed E-state index contributed by atoms with van der Waals surface area (Å²) < 4.78 is 10.6. The molecule has 2 fully saturated rings. The first-order chi connectivity index (χ1) is 11.6. The number of carbonyl (C=O) groups is 2. The summed E-state index contributed by atoms with van der Waals surface area (Å²) in [6.45, 7) is 0. The summed E-state index contributed by atoms with van der Waals surface area (Å²) >= 11 is 2.15. The van der Waals surface area contributed by atoms with E-state index in [1.54, 1.807) is 24.3 Å². The van der Waals surface area contributed by atoms with Gasteiger partial charge in [0.15, 0.2) is 0 Å². The number of alkyl halides is 1. The van der Waals surface area contributed by atoms with E-state index in [1.807, 2.05) is 18.0 Å². The molecule has 1 aromatic carbocycles. The SMILES string of the molecule is CI.COC(=O)[C@H]1[C@@H](OC(=O)c2ccccc2)C[C@@H]2CC[C@H]1N2C. The van der Waals surface area contributed by atoms with Crippen molar-refractivity contribution in [1.29, 1.82) is 0 Å². The monoisotopic (exact) mass is 445 g/mol. The van der Waals surface area contributed by atoms with Crippen molar-refractivity contribution in [2.75, 3.05) is 19.1 Å². The highest BCUT2D eigenvalue weighted by Crippen LogP contribution is 2.40. The molecule has 3 rings (SSSR count). The van der Waals surface area contributed by atoms with Crippen molar-refractivity contribution < 1.29 is 19.1 Å².